The van der Waals surface area contributed by atoms with Gasteiger partial charge in [0.1, 0.15) is 5.60 Å². The number of benzene rings is 1. The van der Waals surface area contributed by atoms with Gasteiger partial charge < -0.3 is 9.84 Å². The normalized spacial score (nSPS) is 14.5. The number of carbonyl (C=O) groups is 3. The Kier molecular flexibility index (Phi) is 3.85. The van der Waals surface area contributed by atoms with Gasteiger partial charge in [0.2, 0.25) is 0 Å². The quantitative estimate of drug-likeness (QED) is 0.847. The van der Waals surface area contributed by atoms with Crippen molar-refractivity contribution in [1.29, 1.82) is 0 Å². The molecule has 1 aliphatic carbocycles. The SMILES string of the molecule is CC(C)(C)OC(=O)c1c(C(=O)O)ccc2c1C(=O)CCC2. The number of carboxylic acids is 1. The van der Waals surface area contributed by atoms with Crippen LogP contribution in [-0.4, -0.2) is 28.4 Å². The van der Waals surface area contributed by atoms with E-state index in [1.54, 1.807) is 26.8 Å². The molecule has 21 heavy (non-hydrogen) atoms. The molecule has 5 nitrogen and oxygen atoms in total. The number of esters is 1. The number of Topliss-reactive ketones (excluding diaryl/α,β-unsaturated/α-hetero) is 1. The van der Waals surface area contributed by atoms with E-state index < -0.39 is 17.5 Å². The Balaban J connectivity index is 2.63. The topological polar surface area (TPSA) is 80.7 Å². The van der Waals surface area contributed by atoms with Gasteiger partial charge >= 0.3 is 11.9 Å². The first-order valence-corrected chi connectivity index (χ1v) is 6.86. The molecule has 1 aromatic rings. The number of fused-ring (bicyclic) bond motifs is 1. The minimum Gasteiger partial charge on any atom is -0.478 e. The monoisotopic (exact) mass is 290 g/mol. The summed E-state index contributed by atoms with van der Waals surface area (Å²) in [5.41, 5.74) is -0.113. The second-order valence-corrected chi connectivity index (χ2v) is 6.11. The van der Waals surface area contributed by atoms with Crippen LogP contribution in [0.3, 0.4) is 0 Å². The van der Waals surface area contributed by atoms with E-state index in [1.165, 1.54) is 6.07 Å². The van der Waals surface area contributed by atoms with Gasteiger partial charge in [0, 0.05) is 12.0 Å². The zero-order valence-corrected chi connectivity index (χ0v) is 12.4. The minimum atomic E-state index is -1.24. The van der Waals surface area contributed by atoms with Crippen molar-refractivity contribution in [3.05, 3.63) is 34.4 Å². The van der Waals surface area contributed by atoms with Crippen LogP contribution in [0.1, 0.15) is 70.3 Å². The number of ketones is 1. The Hall–Kier alpha value is -2.17. The van der Waals surface area contributed by atoms with Crippen LogP contribution >= 0.6 is 0 Å². The summed E-state index contributed by atoms with van der Waals surface area (Å²) in [7, 11) is 0. The lowest BCUT2D eigenvalue weighted by Crippen LogP contribution is -2.28. The molecule has 0 aliphatic heterocycles. The molecule has 0 unspecified atom stereocenters. The van der Waals surface area contributed by atoms with Crippen LogP contribution in [0.15, 0.2) is 12.1 Å². The summed E-state index contributed by atoms with van der Waals surface area (Å²) in [5.74, 6) is -2.19. The van der Waals surface area contributed by atoms with E-state index in [0.29, 0.717) is 19.3 Å². The molecule has 0 amide bonds. The van der Waals surface area contributed by atoms with Crippen molar-refractivity contribution in [2.24, 2.45) is 0 Å². The number of rotatable bonds is 2. The molecule has 112 valence electrons. The maximum absolute atomic E-state index is 12.4. The van der Waals surface area contributed by atoms with E-state index in [4.69, 9.17) is 4.74 Å². The van der Waals surface area contributed by atoms with Crippen molar-refractivity contribution in [2.75, 3.05) is 0 Å². The molecule has 5 heteroatoms. The minimum absolute atomic E-state index is 0.111. The fourth-order valence-corrected chi connectivity index (χ4v) is 2.46. The van der Waals surface area contributed by atoms with Crippen molar-refractivity contribution in [3.8, 4) is 0 Å². The summed E-state index contributed by atoms with van der Waals surface area (Å²) in [5, 5.41) is 9.28. The molecule has 0 saturated heterocycles. The highest BCUT2D eigenvalue weighted by Gasteiger charge is 2.31. The number of hydrogen-bond acceptors (Lipinski definition) is 4. The Morgan fingerprint density at radius 1 is 1.19 bits per heavy atom. The summed E-state index contributed by atoms with van der Waals surface area (Å²) in [4.78, 5) is 35.9. The first-order valence-electron chi connectivity index (χ1n) is 6.86. The lowest BCUT2D eigenvalue weighted by molar-refractivity contribution is 0.00637. The Labute approximate surface area is 122 Å². The second kappa shape index (κ2) is 5.31. The third-order valence-electron chi connectivity index (χ3n) is 3.25. The van der Waals surface area contributed by atoms with E-state index >= 15 is 0 Å². The van der Waals surface area contributed by atoms with Gasteiger partial charge in [-0.15, -0.1) is 0 Å². The fraction of sp³-hybridized carbons (Fsp3) is 0.438. The van der Waals surface area contributed by atoms with Gasteiger partial charge in [-0.25, -0.2) is 9.59 Å². The lowest BCUT2D eigenvalue weighted by atomic mass is 9.85. The molecule has 1 aliphatic rings. The number of carboxylic acid groups (broad SMARTS) is 1. The zero-order chi connectivity index (χ0) is 15.8. The van der Waals surface area contributed by atoms with E-state index in [0.717, 1.165) is 5.56 Å². The second-order valence-electron chi connectivity index (χ2n) is 6.11. The molecule has 1 aromatic carbocycles. The Morgan fingerprint density at radius 3 is 2.43 bits per heavy atom. The van der Waals surface area contributed by atoms with Gasteiger partial charge in [0.25, 0.3) is 0 Å². The molecular weight excluding hydrogens is 272 g/mol. The van der Waals surface area contributed by atoms with E-state index in [9.17, 15) is 19.5 Å². The van der Waals surface area contributed by atoms with Crippen molar-refractivity contribution in [2.45, 2.75) is 45.6 Å². The van der Waals surface area contributed by atoms with E-state index in [1.807, 2.05) is 0 Å². The van der Waals surface area contributed by atoms with Crippen molar-refractivity contribution >= 4 is 17.7 Å². The average molecular weight is 290 g/mol. The van der Waals surface area contributed by atoms with Crippen LogP contribution in [0.25, 0.3) is 0 Å². The summed E-state index contributed by atoms with van der Waals surface area (Å²) < 4.78 is 5.27. The highest BCUT2D eigenvalue weighted by molar-refractivity contribution is 6.13. The largest absolute Gasteiger partial charge is 0.478 e. The van der Waals surface area contributed by atoms with Crippen LogP contribution in [0, 0.1) is 0 Å². The number of aryl methyl sites for hydroxylation is 1. The Morgan fingerprint density at radius 2 is 1.86 bits per heavy atom. The molecule has 0 spiro atoms. The summed E-state index contributed by atoms with van der Waals surface area (Å²) in [6, 6.07) is 2.99. The smallest absolute Gasteiger partial charge is 0.340 e. The van der Waals surface area contributed by atoms with Gasteiger partial charge in [-0.05, 0) is 45.2 Å². The molecule has 2 rings (SSSR count). The summed E-state index contributed by atoms with van der Waals surface area (Å²) >= 11 is 0. The lowest BCUT2D eigenvalue weighted by Gasteiger charge is -2.23. The highest BCUT2D eigenvalue weighted by Crippen LogP contribution is 2.29. The molecule has 1 N–H and O–H groups in total. The van der Waals surface area contributed by atoms with Gasteiger partial charge in [0.15, 0.2) is 5.78 Å². The standard InChI is InChI=1S/C16H18O5/c1-16(2,3)21-15(20)13-10(14(18)19)8-7-9-5-4-6-11(17)12(9)13/h7-8H,4-6H2,1-3H3,(H,18,19). The molecular formula is C16H18O5. The van der Waals surface area contributed by atoms with Crippen LogP contribution in [0.2, 0.25) is 0 Å². The van der Waals surface area contributed by atoms with Crippen LogP contribution in [0.5, 0.6) is 0 Å². The fourth-order valence-electron chi connectivity index (χ4n) is 2.46. The summed E-state index contributed by atoms with van der Waals surface area (Å²) in [6.07, 6.45) is 1.70. The summed E-state index contributed by atoms with van der Waals surface area (Å²) in [6.45, 7) is 5.09. The van der Waals surface area contributed by atoms with E-state index in [2.05, 4.69) is 0 Å². The molecule has 0 saturated carbocycles. The molecule has 0 aromatic heterocycles. The van der Waals surface area contributed by atoms with Crippen LogP contribution in [0.4, 0.5) is 0 Å². The predicted molar refractivity (Wildman–Crippen MR) is 75.8 cm³/mol. The number of aromatic carboxylic acids is 1. The average Bonchev–Trinajstić information content (AvgIpc) is 2.35. The van der Waals surface area contributed by atoms with E-state index in [-0.39, 0.29) is 22.5 Å². The van der Waals surface area contributed by atoms with Gasteiger partial charge in [-0.1, -0.05) is 6.07 Å². The number of carbonyl (C=O) groups excluding carboxylic acids is 2. The van der Waals surface area contributed by atoms with Crippen molar-refractivity contribution in [3.63, 3.8) is 0 Å². The van der Waals surface area contributed by atoms with Crippen molar-refractivity contribution in [1.82, 2.24) is 0 Å². The number of ether oxygens (including phenoxy) is 1. The molecule has 0 radical (unpaired) electrons. The molecule has 0 heterocycles. The van der Waals surface area contributed by atoms with Gasteiger partial charge in [0.05, 0.1) is 11.1 Å². The Bertz CT molecular complexity index is 622. The third-order valence-corrected chi connectivity index (χ3v) is 3.25. The molecule has 0 atom stereocenters. The van der Waals surface area contributed by atoms with Gasteiger partial charge in [-0.3, -0.25) is 4.79 Å². The maximum Gasteiger partial charge on any atom is 0.340 e. The van der Waals surface area contributed by atoms with Gasteiger partial charge in [-0.2, -0.15) is 0 Å². The maximum atomic E-state index is 12.4. The highest BCUT2D eigenvalue weighted by atomic mass is 16.6. The van der Waals surface area contributed by atoms with Crippen LogP contribution in [-0.2, 0) is 11.2 Å². The van der Waals surface area contributed by atoms with Crippen molar-refractivity contribution < 1.29 is 24.2 Å². The van der Waals surface area contributed by atoms with Crippen LogP contribution < -0.4 is 0 Å². The molecule has 0 fully saturated rings. The predicted octanol–water partition coefficient (Wildman–Crippen LogP) is 2.86. The first-order chi connectivity index (χ1) is 9.70. The molecule has 0 bridgehead atoms. The third kappa shape index (κ3) is 3.12. The first kappa shape index (κ1) is 15.2. The number of hydrogen-bond donors (Lipinski definition) is 1. The zero-order valence-electron chi connectivity index (χ0n) is 12.4.